The van der Waals surface area contributed by atoms with Gasteiger partial charge in [0.05, 0.1) is 11.7 Å². The van der Waals surface area contributed by atoms with Gasteiger partial charge in [-0.3, -0.25) is 4.98 Å². The number of nitrogens with zero attached hydrogens (tertiary/aromatic N) is 1. The van der Waals surface area contributed by atoms with Gasteiger partial charge in [-0.05, 0) is 6.07 Å². The Morgan fingerprint density at radius 2 is 2.40 bits per heavy atom. The molecule has 2 aromatic rings. The Labute approximate surface area is 57.3 Å². The van der Waals surface area contributed by atoms with Crippen LogP contribution in [-0.2, 0) is 0 Å². The molecular weight excluding hydrogens is 128 g/mol. The second-order valence-electron chi connectivity index (χ2n) is 2.10. The van der Waals surface area contributed by atoms with Crippen molar-refractivity contribution in [1.82, 2.24) is 9.97 Å². The summed E-state index contributed by atoms with van der Waals surface area (Å²) < 4.78 is 0. The lowest BCUT2D eigenvalue weighted by Gasteiger charge is -1.85. The third-order valence-electron chi connectivity index (χ3n) is 1.46. The van der Waals surface area contributed by atoms with E-state index < -0.39 is 0 Å². The summed E-state index contributed by atoms with van der Waals surface area (Å²) in [5.74, 6) is 0.275. The topological polar surface area (TPSA) is 48.9 Å². The number of pyridine rings is 1. The highest BCUT2D eigenvalue weighted by Crippen LogP contribution is 2.21. The van der Waals surface area contributed by atoms with E-state index >= 15 is 0 Å². The minimum Gasteiger partial charge on any atom is -0.506 e. The first-order chi connectivity index (χ1) is 4.88. The van der Waals surface area contributed by atoms with E-state index in [4.69, 9.17) is 5.11 Å². The third kappa shape index (κ3) is 0.572. The van der Waals surface area contributed by atoms with E-state index in [0.717, 1.165) is 10.9 Å². The van der Waals surface area contributed by atoms with Crippen molar-refractivity contribution in [3.8, 4) is 5.75 Å². The van der Waals surface area contributed by atoms with Crippen molar-refractivity contribution in [3.05, 3.63) is 24.7 Å². The van der Waals surface area contributed by atoms with Gasteiger partial charge in [0, 0.05) is 17.8 Å². The van der Waals surface area contributed by atoms with Gasteiger partial charge in [-0.2, -0.15) is 0 Å². The molecule has 0 aliphatic rings. The summed E-state index contributed by atoms with van der Waals surface area (Å²) in [5, 5.41) is 9.97. The van der Waals surface area contributed by atoms with E-state index in [-0.39, 0.29) is 5.75 Å². The zero-order valence-corrected chi connectivity index (χ0v) is 5.20. The van der Waals surface area contributed by atoms with E-state index in [1.807, 2.05) is 0 Å². The van der Waals surface area contributed by atoms with Gasteiger partial charge >= 0.3 is 0 Å². The zero-order chi connectivity index (χ0) is 6.97. The van der Waals surface area contributed by atoms with Gasteiger partial charge in [-0.25, -0.2) is 0 Å². The van der Waals surface area contributed by atoms with Gasteiger partial charge in [0.25, 0.3) is 0 Å². The summed E-state index contributed by atoms with van der Waals surface area (Å²) >= 11 is 0. The number of fused-ring (bicyclic) bond motifs is 1. The van der Waals surface area contributed by atoms with Crippen molar-refractivity contribution < 1.29 is 5.11 Å². The number of aromatic hydroxyl groups is 1. The average molecular weight is 134 g/mol. The Morgan fingerprint density at radius 1 is 1.50 bits per heavy atom. The highest BCUT2D eigenvalue weighted by molar-refractivity contribution is 5.84. The normalized spacial score (nSPS) is 10.4. The molecule has 0 aliphatic heterocycles. The summed E-state index contributed by atoms with van der Waals surface area (Å²) in [6, 6.07) is 1.77. The fraction of sp³-hybridized carbons (Fsp3) is 0. The van der Waals surface area contributed by atoms with Crippen LogP contribution in [0.2, 0.25) is 0 Å². The number of aromatic amines is 1. The summed E-state index contributed by atoms with van der Waals surface area (Å²) in [7, 11) is 0. The van der Waals surface area contributed by atoms with Crippen LogP contribution in [0.15, 0.2) is 24.7 Å². The van der Waals surface area contributed by atoms with Crippen LogP contribution in [0.4, 0.5) is 0 Å². The quantitative estimate of drug-likeness (QED) is 0.570. The lowest BCUT2D eigenvalue weighted by Crippen LogP contribution is -1.68. The van der Waals surface area contributed by atoms with Crippen molar-refractivity contribution in [2.75, 3.05) is 0 Å². The van der Waals surface area contributed by atoms with Crippen LogP contribution in [0.1, 0.15) is 0 Å². The van der Waals surface area contributed by atoms with Crippen molar-refractivity contribution in [2.45, 2.75) is 0 Å². The van der Waals surface area contributed by atoms with Crippen LogP contribution < -0.4 is 0 Å². The van der Waals surface area contributed by atoms with E-state index in [1.165, 1.54) is 0 Å². The molecule has 0 amide bonds. The van der Waals surface area contributed by atoms with Crippen LogP contribution in [-0.4, -0.2) is 15.1 Å². The molecule has 2 aromatic heterocycles. The van der Waals surface area contributed by atoms with Gasteiger partial charge in [0.2, 0.25) is 0 Å². The number of nitrogens with one attached hydrogen (secondary N) is 1. The Hall–Kier alpha value is -1.51. The second kappa shape index (κ2) is 1.73. The maximum atomic E-state index is 9.15. The highest BCUT2D eigenvalue weighted by Gasteiger charge is 1.97. The first-order valence-corrected chi connectivity index (χ1v) is 2.98. The first-order valence-electron chi connectivity index (χ1n) is 2.98. The largest absolute Gasteiger partial charge is 0.506 e. The van der Waals surface area contributed by atoms with Crippen molar-refractivity contribution in [1.29, 1.82) is 0 Å². The molecule has 0 aromatic carbocycles. The fourth-order valence-electron chi connectivity index (χ4n) is 0.957. The van der Waals surface area contributed by atoms with Crippen LogP contribution in [0.5, 0.6) is 5.75 Å². The number of hydrogen-bond donors (Lipinski definition) is 2. The summed E-state index contributed by atoms with van der Waals surface area (Å²) in [4.78, 5) is 6.76. The number of H-pyrrole nitrogens is 1. The molecule has 2 heterocycles. The average Bonchev–Trinajstić information content (AvgIpc) is 2.34. The molecule has 10 heavy (non-hydrogen) atoms. The van der Waals surface area contributed by atoms with E-state index in [2.05, 4.69) is 9.97 Å². The molecule has 3 heteroatoms. The lowest BCUT2D eigenvalue weighted by atomic mass is 10.3. The van der Waals surface area contributed by atoms with E-state index in [0.29, 0.717) is 0 Å². The van der Waals surface area contributed by atoms with Crippen LogP contribution in [0.25, 0.3) is 10.9 Å². The number of aromatic nitrogens is 2. The van der Waals surface area contributed by atoms with Gasteiger partial charge < -0.3 is 10.1 Å². The lowest BCUT2D eigenvalue weighted by molar-refractivity contribution is 0.481. The molecule has 0 unspecified atom stereocenters. The monoisotopic (exact) mass is 134 g/mol. The molecule has 0 aliphatic carbocycles. The summed E-state index contributed by atoms with van der Waals surface area (Å²) in [6.45, 7) is 0. The van der Waals surface area contributed by atoms with Crippen LogP contribution in [0, 0.1) is 0 Å². The molecule has 0 fully saturated rings. The van der Waals surface area contributed by atoms with Crippen molar-refractivity contribution in [2.24, 2.45) is 0 Å². The standard InChI is InChI=1S/C7H6N2O/c10-7-4-9-6-3-8-2-1-5(6)7/h1-4,9-10H. The SMILES string of the molecule is Oc1c[nH]c2cnccc12. The Bertz CT molecular complexity index is 353. The molecule has 0 saturated heterocycles. The molecule has 0 bridgehead atoms. The molecule has 2 N–H and O–H groups in total. The minimum atomic E-state index is 0.275. The molecule has 0 spiro atoms. The molecule has 50 valence electrons. The smallest absolute Gasteiger partial charge is 0.140 e. The Balaban J connectivity index is 2.93. The summed E-state index contributed by atoms with van der Waals surface area (Å²) in [5.41, 5.74) is 0.861. The fourth-order valence-corrected chi connectivity index (χ4v) is 0.957. The predicted molar refractivity (Wildman–Crippen MR) is 37.8 cm³/mol. The van der Waals surface area contributed by atoms with Gasteiger partial charge in [0.15, 0.2) is 0 Å². The first kappa shape index (κ1) is 5.29. The second-order valence-corrected chi connectivity index (χ2v) is 2.10. The van der Waals surface area contributed by atoms with Crippen molar-refractivity contribution in [3.63, 3.8) is 0 Å². The molecule has 2 rings (SSSR count). The Kier molecular flexibility index (Phi) is 0.917. The molecular formula is C7H6N2O. The van der Waals surface area contributed by atoms with Gasteiger partial charge in [0.1, 0.15) is 5.75 Å². The predicted octanol–water partition coefficient (Wildman–Crippen LogP) is 1.27. The maximum Gasteiger partial charge on any atom is 0.140 e. The number of hydrogen-bond acceptors (Lipinski definition) is 2. The summed E-state index contributed by atoms with van der Waals surface area (Å²) in [6.07, 6.45) is 4.87. The minimum absolute atomic E-state index is 0.275. The number of rotatable bonds is 0. The zero-order valence-electron chi connectivity index (χ0n) is 5.20. The molecule has 0 saturated carbocycles. The van der Waals surface area contributed by atoms with Gasteiger partial charge in [-0.15, -0.1) is 0 Å². The Morgan fingerprint density at radius 3 is 3.20 bits per heavy atom. The third-order valence-corrected chi connectivity index (χ3v) is 1.46. The maximum absolute atomic E-state index is 9.15. The highest BCUT2D eigenvalue weighted by atomic mass is 16.3. The van der Waals surface area contributed by atoms with E-state index in [9.17, 15) is 0 Å². The van der Waals surface area contributed by atoms with Crippen LogP contribution in [0.3, 0.4) is 0 Å². The molecule has 3 nitrogen and oxygen atoms in total. The van der Waals surface area contributed by atoms with Crippen LogP contribution >= 0.6 is 0 Å². The van der Waals surface area contributed by atoms with E-state index in [1.54, 1.807) is 24.7 Å². The molecule has 0 radical (unpaired) electrons. The van der Waals surface area contributed by atoms with Gasteiger partial charge in [-0.1, -0.05) is 0 Å². The molecule has 0 atom stereocenters. The van der Waals surface area contributed by atoms with Crippen molar-refractivity contribution >= 4 is 10.9 Å².